The van der Waals surface area contributed by atoms with E-state index in [4.69, 9.17) is 49.1 Å². The number of hydrogen-bond acceptors (Lipinski definition) is 3. The average Bonchev–Trinajstić information content (AvgIpc) is 2.90. The molecule has 0 amide bonds. The van der Waals surface area contributed by atoms with Crippen LogP contribution in [0.3, 0.4) is 0 Å². The Hall–Kier alpha value is 2.34. The van der Waals surface area contributed by atoms with Crippen LogP contribution in [0.4, 0.5) is 0 Å². The normalized spacial score (nSPS) is 17.5. The number of ether oxygens (including phenoxy) is 1. The van der Waals surface area contributed by atoms with E-state index in [1.54, 1.807) is 0 Å². The summed E-state index contributed by atoms with van der Waals surface area (Å²) in [6.07, 6.45) is 6.17. The molecule has 3 nitrogen and oxygen atoms in total. The number of rotatable bonds is 20. The molecule has 0 aromatic carbocycles. The molecule has 0 saturated heterocycles. The van der Waals surface area contributed by atoms with E-state index >= 15 is 0 Å². The number of nitrogens with zero attached hydrogens (tertiary/aromatic N) is 2. The third-order valence-corrected chi connectivity index (χ3v) is 52.3. The standard InChI is InChI=1S/C38H88Cl4N2OSi6/c1-33(2,3)48(15,16)43(49(17,18)34(4,5)6)29-23-25-37(13,46(39)40)27-31-45-32-28-38(14,47(41)42)26-24-30-44(50(19,20)35(7,8)9)51(21,22)36(10,11)12/h46-47H,23-32H2,1-22H3. The second-order valence-corrected chi connectivity index (χ2v) is 54.9. The molecular weight excluding hydrogens is 811 g/mol. The molecule has 0 N–H and O–H groups in total. The van der Waals surface area contributed by atoms with Gasteiger partial charge in [-0.05, 0) is 81.8 Å². The van der Waals surface area contributed by atoms with E-state index in [2.05, 4.69) is 158 Å². The van der Waals surface area contributed by atoms with E-state index in [1.165, 1.54) is 0 Å². The van der Waals surface area contributed by atoms with Crippen molar-refractivity contribution in [1.82, 2.24) is 8.46 Å². The summed E-state index contributed by atoms with van der Waals surface area (Å²) < 4.78 is 12.5. The lowest BCUT2D eigenvalue weighted by atomic mass is 10.00. The molecule has 0 radical (unpaired) electrons. The molecule has 0 aromatic rings. The quantitative estimate of drug-likeness (QED) is 0.0688. The molecule has 0 aliphatic heterocycles. The van der Waals surface area contributed by atoms with Gasteiger partial charge in [-0.2, -0.15) is 0 Å². The second-order valence-electron chi connectivity index (χ2n) is 22.8. The molecule has 0 rings (SSSR count). The third-order valence-electron chi connectivity index (χ3n) is 15.0. The van der Waals surface area contributed by atoms with Crippen molar-refractivity contribution >= 4 is 92.1 Å². The highest BCUT2D eigenvalue weighted by atomic mass is 35.7. The van der Waals surface area contributed by atoms with Gasteiger partial charge in [-0.3, -0.25) is 0 Å². The van der Waals surface area contributed by atoms with Crippen molar-refractivity contribution in [3.05, 3.63) is 0 Å². The van der Waals surface area contributed by atoms with Crippen molar-refractivity contribution in [1.29, 1.82) is 0 Å². The highest BCUT2D eigenvalue weighted by Gasteiger charge is 2.53. The summed E-state index contributed by atoms with van der Waals surface area (Å²) in [5.41, 5.74) is 0. The van der Waals surface area contributed by atoms with Crippen LogP contribution >= 0.6 is 44.3 Å². The minimum Gasteiger partial charge on any atom is -0.381 e. The molecule has 0 fully saturated rings. The Morgan fingerprint density at radius 3 is 0.804 bits per heavy atom. The molecule has 0 heterocycles. The average molecular weight is 899 g/mol. The predicted octanol–water partition coefficient (Wildman–Crippen LogP) is 14.9. The summed E-state index contributed by atoms with van der Waals surface area (Å²) in [4.78, 5) is 0. The monoisotopic (exact) mass is 896 g/mol. The minimum atomic E-state index is -1.96. The Morgan fingerprint density at radius 2 is 0.627 bits per heavy atom. The molecule has 0 aliphatic rings. The van der Waals surface area contributed by atoms with Gasteiger partial charge >= 0.3 is 0 Å². The van der Waals surface area contributed by atoms with Crippen LogP contribution in [0.25, 0.3) is 0 Å². The lowest BCUT2D eigenvalue weighted by molar-refractivity contribution is 0.111. The molecule has 0 aliphatic carbocycles. The van der Waals surface area contributed by atoms with Crippen LogP contribution < -0.4 is 0 Å². The maximum atomic E-state index is 6.88. The highest BCUT2D eigenvalue weighted by molar-refractivity contribution is 7.35. The van der Waals surface area contributed by atoms with Crippen molar-refractivity contribution in [2.45, 2.75) is 218 Å². The molecule has 308 valence electrons. The van der Waals surface area contributed by atoms with Crippen LogP contribution in [0.1, 0.15) is 135 Å². The fraction of sp³-hybridized carbons (Fsp3) is 1.00. The van der Waals surface area contributed by atoms with Crippen LogP contribution in [0.2, 0.25) is 82.6 Å². The van der Waals surface area contributed by atoms with Crippen molar-refractivity contribution in [2.75, 3.05) is 26.3 Å². The lowest BCUT2D eigenvalue weighted by Crippen LogP contribution is -2.68. The Labute approximate surface area is 347 Å². The molecule has 2 unspecified atom stereocenters. The van der Waals surface area contributed by atoms with Crippen molar-refractivity contribution in [3.8, 4) is 0 Å². The van der Waals surface area contributed by atoms with Crippen molar-refractivity contribution in [3.63, 3.8) is 0 Å². The van der Waals surface area contributed by atoms with Gasteiger partial charge in [0.1, 0.15) is 32.9 Å². The van der Waals surface area contributed by atoms with Gasteiger partial charge in [-0.1, -0.05) is 149 Å². The van der Waals surface area contributed by atoms with E-state index in [0.29, 0.717) is 33.4 Å². The minimum absolute atomic E-state index is 0.0633. The first-order valence-electron chi connectivity index (χ1n) is 20.0. The van der Waals surface area contributed by atoms with E-state index in [-0.39, 0.29) is 10.1 Å². The number of halogens is 4. The van der Waals surface area contributed by atoms with Gasteiger partial charge in [-0.15, -0.1) is 44.3 Å². The largest absolute Gasteiger partial charge is 0.381 e. The zero-order valence-electron chi connectivity index (χ0n) is 38.0. The van der Waals surface area contributed by atoms with Gasteiger partial charge in [0.25, 0.3) is 0 Å². The van der Waals surface area contributed by atoms with Gasteiger partial charge in [0.2, 0.25) is 14.8 Å². The predicted molar refractivity (Wildman–Crippen MR) is 255 cm³/mol. The number of hydrogen-bond donors (Lipinski definition) is 0. The zero-order chi connectivity index (χ0) is 41.1. The van der Waals surface area contributed by atoms with Gasteiger partial charge in [0, 0.05) is 13.2 Å². The van der Waals surface area contributed by atoms with E-state index in [9.17, 15) is 0 Å². The van der Waals surface area contributed by atoms with Crippen LogP contribution in [0, 0.1) is 0 Å². The van der Waals surface area contributed by atoms with Gasteiger partial charge in [0.05, 0.1) is 0 Å². The van der Waals surface area contributed by atoms with Crippen LogP contribution in [0.15, 0.2) is 0 Å². The highest BCUT2D eigenvalue weighted by Crippen LogP contribution is 2.50. The first-order valence-corrected chi connectivity index (χ1v) is 39.9. The topological polar surface area (TPSA) is 15.7 Å². The fourth-order valence-corrected chi connectivity index (χ4v) is 32.3. The summed E-state index contributed by atoms with van der Waals surface area (Å²) in [6.45, 7) is 58.4. The molecule has 13 heteroatoms. The fourth-order valence-electron chi connectivity index (χ4n) is 6.82. The Kier molecular flexibility index (Phi) is 19.8. The third kappa shape index (κ3) is 13.7. The van der Waals surface area contributed by atoms with Crippen LogP contribution in [0.5, 0.6) is 0 Å². The van der Waals surface area contributed by atoms with Gasteiger partial charge in [0.15, 0.2) is 0 Å². The Bertz CT molecular complexity index is 931. The van der Waals surface area contributed by atoms with E-state index in [0.717, 1.165) is 51.6 Å². The van der Waals surface area contributed by atoms with Crippen molar-refractivity contribution < 1.29 is 4.74 Å². The molecule has 2 atom stereocenters. The maximum Gasteiger partial charge on any atom is 0.242 e. The summed E-state index contributed by atoms with van der Waals surface area (Å²) in [5, 5.41) is 1.07. The van der Waals surface area contributed by atoms with Gasteiger partial charge in [-0.25, -0.2) is 0 Å². The maximum absolute atomic E-state index is 6.88. The molecule has 0 spiro atoms. The zero-order valence-corrected chi connectivity index (χ0v) is 47.4. The molecule has 0 bridgehead atoms. The second kappa shape index (κ2) is 18.9. The van der Waals surface area contributed by atoms with E-state index in [1.807, 2.05) is 0 Å². The lowest BCUT2D eigenvalue weighted by Gasteiger charge is -2.57. The summed E-state index contributed by atoms with van der Waals surface area (Å²) in [6, 6.07) is 0. The summed E-state index contributed by atoms with van der Waals surface area (Å²) >= 11 is 27.5. The Balaban J connectivity index is 5.63. The van der Waals surface area contributed by atoms with E-state index < -0.39 is 47.8 Å². The SMILES string of the molecule is CC(CCCN([Si](C)(C)C(C)(C)C)[Si](C)(C)C(C)(C)C)(CCOCCC(C)(CCCN([Si](C)(C)C(C)(C)C)[Si](C)(C)C(C)(C)C)[SiH](Cl)Cl)[SiH](Cl)Cl. The first-order chi connectivity index (χ1) is 22.3. The summed E-state index contributed by atoms with van der Waals surface area (Å²) in [5.74, 6) is 0. The molecule has 51 heavy (non-hydrogen) atoms. The molecule has 0 saturated carbocycles. The van der Waals surface area contributed by atoms with Crippen LogP contribution in [-0.2, 0) is 4.74 Å². The molecular formula is C38H88Cl4N2OSi6. The van der Waals surface area contributed by atoms with Crippen molar-refractivity contribution in [2.24, 2.45) is 0 Å². The summed E-state index contributed by atoms with van der Waals surface area (Å²) in [7, 11) is -10.8. The first kappa shape index (κ1) is 53.3. The molecule has 0 aromatic heterocycles. The Morgan fingerprint density at radius 1 is 0.412 bits per heavy atom. The van der Waals surface area contributed by atoms with Gasteiger partial charge < -0.3 is 13.2 Å². The van der Waals surface area contributed by atoms with Crippen LogP contribution in [-0.4, -0.2) is 82.5 Å². The smallest absolute Gasteiger partial charge is 0.242 e.